The number of nitrogens with zero attached hydrogens (tertiary/aromatic N) is 1. The molecule has 1 fully saturated rings. The van der Waals surface area contributed by atoms with Crippen LogP contribution in [0.15, 0.2) is 11.4 Å². The summed E-state index contributed by atoms with van der Waals surface area (Å²) >= 11 is 1.95. The molecule has 88 valence electrons. The summed E-state index contributed by atoms with van der Waals surface area (Å²) in [6.45, 7) is 4.76. The minimum absolute atomic E-state index is 0.299. The van der Waals surface area contributed by atoms with E-state index in [4.69, 9.17) is 0 Å². The van der Waals surface area contributed by atoms with Crippen LogP contribution in [0.1, 0.15) is 30.2 Å². The van der Waals surface area contributed by atoms with Crippen molar-refractivity contribution in [3.05, 3.63) is 21.9 Å². The zero-order valence-corrected chi connectivity index (χ0v) is 10.9. The molecule has 0 aromatic carbocycles. The lowest BCUT2D eigenvalue weighted by Gasteiger charge is -2.46. The largest absolute Gasteiger partial charge is 0.306 e. The highest BCUT2D eigenvalue weighted by Gasteiger charge is 2.41. The van der Waals surface area contributed by atoms with Crippen LogP contribution in [0.5, 0.6) is 0 Å². The smallest absolute Gasteiger partial charge is 0.0558 e. The number of piperidine rings is 1. The van der Waals surface area contributed by atoms with Crippen LogP contribution in [0.4, 0.5) is 0 Å². The fourth-order valence-corrected chi connectivity index (χ4v) is 4.37. The molecule has 16 heavy (non-hydrogen) atoms. The topological polar surface area (TPSA) is 15.3 Å². The summed E-state index contributed by atoms with van der Waals surface area (Å²) in [5, 5.41) is 6.15. The summed E-state index contributed by atoms with van der Waals surface area (Å²) in [6, 6.07) is 2.96. The van der Waals surface area contributed by atoms with Crippen LogP contribution in [-0.2, 0) is 12.0 Å². The molecule has 2 aliphatic rings. The van der Waals surface area contributed by atoms with Crippen LogP contribution in [-0.4, -0.2) is 31.1 Å². The molecule has 0 saturated carbocycles. The van der Waals surface area contributed by atoms with Crippen molar-refractivity contribution in [2.24, 2.45) is 0 Å². The van der Waals surface area contributed by atoms with E-state index in [9.17, 15) is 0 Å². The molecule has 1 aromatic heterocycles. The van der Waals surface area contributed by atoms with E-state index in [-0.39, 0.29) is 0 Å². The Balaban J connectivity index is 1.96. The predicted molar refractivity (Wildman–Crippen MR) is 69.0 cm³/mol. The third-order valence-electron chi connectivity index (χ3n) is 4.07. The van der Waals surface area contributed by atoms with Gasteiger partial charge in [0.1, 0.15) is 0 Å². The van der Waals surface area contributed by atoms with Gasteiger partial charge in [0.25, 0.3) is 0 Å². The maximum Gasteiger partial charge on any atom is 0.0558 e. The minimum Gasteiger partial charge on any atom is -0.306 e. The van der Waals surface area contributed by atoms with Crippen molar-refractivity contribution in [2.75, 3.05) is 20.1 Å². The van der Waals surface area contributed by atoms with Gasteiger partial charge in [-0.05, 0) is 63.3 Å². The number of likely N-dealkylation sites (tertiary alicyclic amines) is 1. The number of rotatable bonds is 0. The van der Waals surface area contributed by atoms with E-state index in [0.717, 1.165) is 0 Å². The monoisotopic (exact) mass is 236 g/mol. The molecular weight excluding hydrogens is 216 g/mol. The second-order valence-corrected chi connectivity index (χ2v) is 6.33. The average Bonchev–Trinajstić information content (AvgIpc) is 2.71. The van der Waals surface area contributed by atoms with Crippen LogP contribution in [0.3, 0.4) is 0 Å². The number of hydrogen-bond donors (Lipinski definition) is 1. The van der Waals surface area contributed by atoms with Gasteiger partial charge in [-0.2, -0.15) is 0 Å². The molecule has 0 amide bonds. The van der Waals surface area contributed by atoms with E-state index in [1.54, 1.807) is 10.4 Å². The summed E-state index contributed by atoms with van der Waals surface area (Å²) in [4.78, 5) is 4.07. The summed E-state index contributed by atoms with van der Waals surface area (Å²) in [7, 11) is 2.23. The second kappa shape index (κ2) is 3.83. The molecule has 1 N–H and O–H groups in total. The van der Waals surface area contributed by atoms with Crippen LogP contribution >= 0.6 is 11.3 Å². The standard InChI is InChI=1S/C13H20N2S/c1-10-9-11-3-8-16-12(11)13(14-10)4-6-15(2)7-5-13/h3,8,10,14H,4-7,9H2,1-2H3/t10-/m1/s1. The van der Waals surface area contributed by atoms with E-state index in [2.05, 4.69) is 35.6 Å². The SMILES string of the molecule is C[C@@H]1Cc2ccsc2C2(CCN(C)CC2)N1. The Bertz CT molecular complexity index is 377. The molecule has 0 radical (unpaired) electrons. The van der Waals surface area contributed by atoms with Crippen LogP contribution in [0.2, 0.25) is 0 Å². The van der Waals surface area contributed by atoms with Gasteiger partial charge in [0.15, 0.2) is 0 Å². The lowest BCUT2D eigenvalue weighted by Crippen LogP contribution is -2.55. The van der Waals surface area contributed by atoms with Crippen molar-refractivity contribution in [1.82, 2.24) is 10.2 Å². The maximum atomic E-state index is 3.88. The van der Waals surface area contributed by atoms with Crippen LogP contribution in [0, 0.1) is 0 Å². The number of thiophene rings is 1. The Hall–Kier alpha value is -0.380. The lowest BCUT2D eigenvalue weighted by molar-refractivity contribution is 0.139. The van der Waals surface area contributed by atoms with E-state index >= 15 is 0 Å². The molecule has 0 unspecified atom stereocenters. The summed E-state index contributed by atoms with van der Waals surface area (Å²) < 4.78 is 0. The highest BCUT2D eigenvalue weighted by molar-refractivity contribution is 7.10. The molecule has 1 saturated heterocycles. The zero-order chi connectivity index (χ0) is 11.2. The van der Waals surface area contributed by atoms with Crippen LogP contribution in [0.25, 0.3) is 0 Å². The van der Waals surface area contributed by atoms with Crippen molar-refractivity contribution in [2.45, 2.75) is 37.8 Å². The molecule has 0 aliphatic carbocycles. The van der Waals surface area contributed by atoms with Crippen molar-refractivity contribution in [1.29, 1.82) is 0 Å². The first kappa shape index (κ1) is 10.8. The highest BCUT2D eigenvalue weighted by atomic mass is 32.1. The van der Waals surface area contributed by atoms with Crippen molar-refractivity contribution >= 4 is 11.3 Å². The van der Waals surface area contributed by atoms with E-state index in [1.165, 1.54) is 32.4 Å². The summed E-state index contributed by atoms with van der Waals surface area (Å²) in [6.07, 6.45) is 3.74. The molecule has 1 aromatic rings. The molecule has 3 heterocycles. The van der Waals surface area contributed by atoms with Gasteiger partial charge in [-0.25, -0.2) is 0 Å². The van der Waals surface area contributed by atoms with Crippen molar-refractivity contribution in [3.63, 3.8) is 0 Å². The van der Waals surface area contributed by atoms with Crippen molar-refractivity contribution in [3.8, 4) is 0 Å². The Morgan fingerprint density at radius 3 is 2.94 bits per heavy atom. The highest BCUT2D eigenvalue weighted by Crippen LogP contribution is 2.41. The maximum absolute atomic E-state index is 3.88. The first-order chi connectivity index (χ1) is 7.70. The fourth-order valence-electron chi connectivity index (χ4n) is 3.21. The third-order valence-corrected chi connectivity index (χ3v) is 5.23. The van der Waals surface area contributed by atoms with E-state index in [0.29, 0.717) is 11.6 Å². The molecular formula is C13H20N2S. The van der Waals surface area contributed by atoms with E-state index < -0.39 is 0 Å². The minimum atomic E-state index is 0.299. The Morgan fingerprint density at radius 1 is 1.44 bits per heavy atom. The van der Waals surface area contributed by atoms with Gasteiger partial charge < -0.3 is 10.2 Å². The lowest BCUT2D eigenvalue weighted by atomic mass is 9.80. The van der Waals surface area contributed by atoms with Gasteiger partial charge in [0.2, 0.25) is 0 Å². The van der Waals surface area contributed by atoms with Crippen LogP contribution < -0.4 is 5.32 Å². The Morgan fingerprint density at radius 2 is 2.19 bits per heavy atom. The molecule has 1 atom stereocenters. The van der Waals surface area contributed by atoms with Crippen molar-refractivity contribution < 1.29 is 0 Å². The zero-order valence-electron chi connectivity index (χ0n) is 10.1. The van der Waals surface area contributed by atoms with Gasteiger partial charge in [-0.1, -0.05) is 0 Å². The molecule has 3 heteroatoms. The Labute approximate surface area is 102 Å². The summed E-state index contributed by atoms with van der Waals surface area (Å²) in [5.41, 5.74) is 1.90. The number of nitrogens with one attached hydrogen (secondary N) is 1. The quantitative estimate of drug-likeness (QED) is 0.743. The molecule has 2 aliphatic heterocycles. The normalized spacial score (nSPS) is 29.2. The molecule has 3 rings (SSSR count). The van der Waals surface area contributed by atoms with E-state index in [1.807, 2.05) is 11.3 Å². The second-order valence-electron chi connectivity index (χ2n) is 5.41. The molecule has 0 bridgehead atoms. The van der Waals surface area contributed by atoms with Gasteiger partial charge in [-0.3, -0.25) is 0 Å². The molecule has 2 nitrogen and oxygen atoms in total. The van der Waals surface area contributed by atoms with Gasteiger partial charge in [0.05, 0.1) is 5.54 Å². The number of hydrogen-bond acceptors (Lipinski definition) is 3. The van der Waals surface area contributed by atoms with Gasteiger partial charge >= 0.3 is 0 Å². The Kier molecular flexibility index (Phi) is 2.57. The number of fused-ring (bicyclic) bond motifs is 2. The first-order valence-corrected chi connectivity index (χ1v) is 7.11. The fraction of sp³-hybridized carbons (Fsp3) is 0.692. The first-order valence-electron chi connectivity index (χ1n) is 6.23. The molecule has 1 spiro atoms. The predicted octanol–water partition coefficient (Wildman–Crippen LogP) is 2.20. The van der Waals surface area contributed by atoms with Gasteiger partial charge in [0, 0.05) is 10.9 Å². The third kappa shape index (κ3) is 1.62. The summed E-state index contributed by atoms with van der Waals surface area (Å²) in [5.74, 6) is 0. The van der Waals surface area contributed by atoms with Gasteiger partial charge in [-0.15, -0.1) is 11.3 Å². The average molecular weight is 236 g/mol.